The summed E-state index contributed by atoms with van der Waals surface area (Å²) in [7, 11) is 1.99. The molecule has 15 heavy (non-hydrogen) atoms. The molecule has 1 atom stereocenters. The predicted octanol–water partition coefficient (Wildman–Crippen LogP) is 3.66. The first-order valence-corrected chi connectivity index (χ1v) is 6.73. The van der Waals surface area contributed by atoms with Gasteiger partial charge in [-0.2, -0.15) is 11.8 Å². The van der Waals surface area contributed by atoms with Crippen LogP contribution in [0.4, 0.5) is 0 Å². The van der Waals surface area contributed by atoms with Gasteiger partial charge < -0.3 is 5.32 Å². The van der Waals surface area contributed by atoms with Crippen LogP contribution in [-0.4, -0.2) is 18.6 Å². The number of rotatable bonds is 5. The summed E-state index contributed by atoms with van der Waals surface area (Å²) >= 11 is 8.05. The zero-order chi connectivity index (χ0) is 11.3. The molecule has 1 aromatic rings. The van der Waals surface area contributed by atoms with E-state index in [-0.39, 0.29) is 0 Å². The Hall–Kier alpha value is -0.180. The summed E-state index contributed by atoms with van der Waals surface area (Å²) in [6, 6.07) is 6.69. The van der Waals surface area contributed by atoms with Crippen LogP contribution in [0, 0.1) is 6.92 Å². The molecule has 1 nitrogen and oxygen atoms in total. The molecule has 0 saturated carbocycles. The number of hydrogen-bond donors (Lipinski definition) is 1. The topological polar surface area (TPSA) is 12.0 Å². The molecule has 84 valence electrons. The molecular weight excluding hydrogens is 226 g/mol. The molecule has 1 N–H and O–H groups in total. The van der Waals surface area contributed by atoms with E-state index < -0.39 is 0 Å². The van der Waals surface area contributed by atoms with E-state index in [0.717, 1.165) is 22.1 Å². The summed E-state index contributed by atoms with van der Waals surface area (Å²) in [5.41, 5.74) is 2.41. The van der Waals surface area contributed by atoms with Crippen LogP contribution in [0.15, 0.2) is 18.2 Å². The second kappa shape index (κ2) is 6.41. The summed E-state index contributed by atoms with van der Waals surface area (Å²) in [6.07, 6.45) is 0. The van der Waals surface area contributed by atoms with Crippen LogP contribution in [0.2, 0.25) is 5.02 Å². The van der Waals surface area contributed by atoms with Crippen molar-refractivity contribution in [3.8, 4) is 0 Å². The minimum atomic E-state index is 0.396. The smallest absolute Gasteiger partial charge is 0.0438 e. The van der Waals surface area contributed by atoms with Crippen LogP contribution >= 0.6 is 23.4 Å². The number of thioether (sulfide) groups is 1. The lowest BCUT2D eigenvalue weighted by Crippen LogP contribution is -2.18. The average molecular weight is 244 g/mol. The van der Waals surface area contributed by atoms with Crippen molar-refractivity contribution in [3.63, 3.8) is 0 Å². The number of halogens is 1. The lowest BCUT2D eigenvalue weighted by Gasteiger charge is -2.16. The fraction of sp³-hybridized carbons (Fsp3) is 0.500. The summed E-state index contributed by atoms with van der Waals surface area (Å²) in [5.74, 6) is 2.24. The highest BCUT2D eigenvalue weighted by atomic mass is 35.5. The Balaban J connectivity index is 2.78. The SMILES string of the molecule is CCSCC(NC)c1ccc(C)c(Cl)c1. The monoisotopic (exact) mass is 243 g/mol. The van der Waals surface area contributed by atoms with Crippen molar-refractivity contribution in [2.75, 3.05) is 18.6 Å². The van der Waals surface area contributed by atoms with E-state index in [1.165, 1.54) is 5.56 Å². The molecule has 0 aliphatic heterocycles. The van der Waals surface area contributed by atoms with E-state index in [1.807, 2.05) is 25.7 Å². The maximum Gasteiger partial charge on any atom is 0.0438 e. The van der Waals surface area contributed by atoms with Gasteiger partial charge in [0.15, 0.2) is 0 Å². The van der Waals surface area contributed by atoms with Crippen molar-refractivity contribution in [3.05, 3.63) is 34.3 Å². The van der Waals surface area contributed by atoms with Crippen molar-refractivity contribution in [1.29, 1.82) is 0 Å². The Bertz CT molecular complexity index is 314. The van der Waals surface area contributed by atoms with Crippen molar-refractivity contribution in [2.45, 2.75) is 19.9 Å². The van der Waals surface area contributed by atoms with Crippen LogP contribution in [0.3, 0.4) is 0 Å². The van der Waals surface area contributed by atoms with Gasteiger partial charge in [0.1, 0.15) is 0 Å². The minimum Gasteiger partial charge on any atom is -0.312 e. The minimum absolute atomic E-state index is 0.396. The molecule has 1 rings (SSSR count). The molecule has 1 aromatic carbocycles. The van der Waals surface area contributed by atoms with Gasteiger partial charge in [0.25, 0.3) is 0 Å². The molecule has 0 spiro atoms. The first-order chi connectivity index (χ1) is 7.19. The highest BCUT2D eigenvalue weighted by Gasteiger charge is 2.09. The Labute approximate surface area is 102 Å². The maximum absolute atomic E-state index is 6.11. The second-order valence-corrected chi connectivity index (χ2v) is 5.24. The fourth-order valence-corrected chi connectivity index (χ4v) is 2.43. The van der Waals surface area contributed by atoms with Crippen LogP contribution in [-0.2, 0) is 0 Å². The number of benzene rings is 1. The zero-order valence-electron chi connectivity index (χ0n) is 9.51. The van der Waals surface area contributed by atoms with Crippen molar-refractivity contribution < 1.29 is 0 Å². The molecule has 0 radical (unpaired) electrons. The fourth-order valence-electron chi connectivity index (χ4n) is 1.41. The third-order valence-electron chi connectivity index (χ3n) is 2.44. The van der Waals surface area contributed by atoms with Gasteiger partial charge in [0.2, 0.25) is 0 Å². The maximum atomic E-state index is 6.11. The highest BCUT2D eigenvalue weighted by molar-refractivity contribution is 7.99. The molecule has 3 heteroatoms. The molecule has 0 fully saturated rings. The Kier molecular flexibility index (Phi) is 5.51. The molecular formula is C12H18ClNS. The number of nitrogens with one attached hydrogen (secondary N) is 1. The van der Waals surface area contributed by atoms with Crippen molar-refractivity contribution in [2.24, 2.45) is 0 Å². The molecule has 0 aromatic heterocycles. The van der Waals surface area contributed by atoms with Gasteiger partial charge in [-0.15, -0.1) is 0 Å². The quantitative estimate of drug-likeness (QED) is 0.847. The normalized spacial score (nSPS) is 12.8. The van der Waals surface area contributed by atoms with E-state index in [0.29, 0.717) is 6.04 Å². The second-order valence-electron chi connectivity index (χ2n) is 3.51. The van der Waals surface area contributed by atoms with Gasteiger partial charge in [-0.25, -0.2) is 0 Å². The molecule has 0 bridgehead atoms. The molecule has 0 saturated heterocycles. The van der Waals surface area contributed by atoms with Gasteiger partial charge in [0, 0.05) is 16.8 Å². The van der Waals surface area contributed by atoms with Gasteiger partial charge in [-0.05, 0) is 36.9 Å². The van der Waals surface area contributed by atoms with Crippen LogP contribution in [0.5, 0.6) is 0 Å². The Morgan fingerprint density at radius 1 is 1.47 bits per heavy atom. The summed E-state index contributed by atoms with van der Waals surface area (Å²) < 4.78 is 0. The van der Waals surface area contributed by atoms with Gasteiger partial charge >= 0.3 is 0 Å². The van der Waals surface area contributed by atoms with Gasteiger partial charge in [0.05, 0.1) is 0 Å². The average Bonchev–Trinajstić information content (AvgIpc) is 2.24. The lowest BCUT2D eigenvalue weighted by molar-refractivity contribution is 0.662. The summed E-state index contributed by atoms with van der Waals surface area (Å²) in [6.45, 7) is 4.21. The van der Waals surface area contributed by atoms with Crippen LogP contribution in [0.25, 0.3) is 0 Å². The molecule has 0 heterocycles. The van der Waals surface area contributed by atoms with E-state index in [2.05, 4.69) is 30.4 Å². The molecule has 0 amide bonds. The Morgan fingerprint density at radius 3 is 2.73 bits per heavy atom. The van der Waals surface area contributed by atoms with Crippen LogP contribution in [0.1, 0.15) is 24.1 Å². The number of hydrogen-bond acceptors (Lipinski definition) is 2. The first kappa shape index (κ1) is 12.9. The lowest BCUT2D eigenvalue weighted by atomic mass is 10.1. The van der Waals surface area contributed by atoms with Crippen molar-refractivity contribution >= 4 is 23.4 Å². The van der Waals surface area contributed by atoms with E-state index in [1.54, 1.807) is 0 Å². The van der Waals surface area contributed by atoms with Crippen molar-refractivity contribution in [1.82, 2.24) is 5.32 Å². The standard InChI is InChI=1S/C12H18ClNS/c1-4-15-8-12(14-3)10-6-5-9(2)11(13)7-10/h5-7,12,14H,4,8H2,1-3H3. The highest BCUT2D eigenvalue weighted by Crippen LogP contribution is 2.23. The van der Waals surface area contributed by atoms with E-state index in [9.17, 15) is 0 Å². The molecule has 1 unspecified atom stereocenters. The van der Waals surface area contributed by atoms with E-state index in [4.69, 9.17) is 11.6 Å². The molecule has 0 aliphatic rings. The van der Waals surface area contributed by atoms with Crippen LogP contribution < -0.4 is 5.32 Å². The predicted molar refractivity (Wildman–Crippen MR) is 71.0 cm³/mol. The third kappa shape index (κ3) is 3.71. The van der Waals surface area contributed by atoms with E-state index >= 15 is 0 Å². The first-order valence-electron chi connectivity index (χ1n) is 5.20. The Morgan fingerprint density at radius 2 is 2.20 bits per heavy atom. The van der Waals surface area contributed by atoms with Gasteiger partial charge in [-0.3, -0.25) is 0 Å². The third-order valence-corrected chi connectivity index (χ3v) is 3.82. The largest absolute Gasteiger partial charge is 0.312 e. The molecule has 0 aliphatic carbocycles. The summed E-state index contributed by atoms with van der Waals surface area (Å²) in [4.78, 5) is 0. The van der Waals surface area contributed by atoms with Gasteiger partial charge in [-0.1, -0.05) is 30.7 Å². The zero-order valence-corrected chi connectivity index (χ0v) is 11.1. The summed E-state index contributed by atoms with van der Waals surface area (Å²) in [5, 5.41) is 4.18. The number of aryl methyl sites for hydroxylation is 1.